The van der Waals surface area contributed by atoms with Crippen LogP contribution < -0.4 is 5.32 Å². The van der Waals surface area contributed by atoms with Crippen LogP contribution in [-0.2, 0) is 22.4 Å². The number of nitrogens with one attached hydrogen (secondary N) is 1. The Morgan fingerprint density at radius 2 is 2.00 bits per heavy atom. The van der Waals surface area contributed by atoms with Gasteiger partial charge in [-0.2, -0.15) is 0 Å². The maximum atomic E-state index is 11.5. The summed E-state index contributed by atoms with van der Waals surface area (Å²) in [6.45, 7) is 2.64. The van der Waals surface area contributed by atoms with Crippen molar-refractivity contribution in [1.29, 1.82) is 0 Å². The second-order valence-corrected chi connectivity index (χ2v) is 4.08. The molecule has 3 nitrogen and oxygen atoms in total. The molecule has 86 valence electrons. The van der Waals surface area contributed by atoms with Crippen molar-refractivity contribution < 1.29 is 9.53 Å². The van der Waals surface area contributed by atoms with Gasteiger partial charge in [0.2, 0.25) is 5.91 Å². The molecular formula is C13H17NO2. The van der Waals surface area contributed by atoms with E-state index in [4.69, 9.17) is 4.74 Å². The summed E-state index contributed by atoms with van der Waals surface area (Å²) in [5.41, 5.74) is 2.70. The molecule has 0 saturated carbocycles. The molecule has 16 heavy (non-hydrogen) atoms. The molecule has 0 fully saturated rings. The van der Waals surface area contributed by atoms with Gasteiger partial charge in [0.05, 0.1) is 0 Å². The highest BCUT2D eigenvalue weighted by molar-refractivity contribution is 5.77. The molecule has 0 atom stereocenters. The molecule has 1 amide bonds. The topological polar surface area (TPSA) is 38.3 Å². The lowest BCUT2D eigenvalue weighted by atomic mass is 10.1. The van der Waals surface area contributed by atoms with Crippen LogP contribution in [0.2, 0.25) is 0 Å². The fraction of sp³-hybridized carbons (Fsp3) is 0.462. The predicted molar refractivity (Wildman–Crippen MR) is 62.3 cm³/mol. The van der Waals surface area contributed by atoms with Gasteiger partial charge < -0.3 is 10.1 Å². The van der Waals surface area contributed by atoms with E-state index in [2.05, 4.69) is 17.4 Å². The number of fused-ring (bicyclic) bond motifs is 1. The van der Waals surface area contributed by atoms with Gasteiger partial charge >= 0.3 is 0 Å². The SMILES string of the molecule is CCOCC(=O)NC1Cc2ccccc2C1. The zero-order valence-electron chi connectivity index (χ0n) is 9.53. The summed E-state index contributed by atoms with van der Waals surface area (Å²) in [5, 5.41) is 3.00. The van der Waals surface area contributed by atoms with Crippen LogP contribution in [0.4, 0.5) is 0 Å². The van der Waals surface area contributed by atoms with E-state index in [0.717, 1.165) is 12.8 Å². The van der Waals surface area contributed by atoms with E-state index in [1.165, 1.54) is 11.1 Å². The Kier molecular flexibility index (Phi) is 3.57. The highest BCUT2D eigenvalue weighted by Gasteiger charge is 2.21. The Hall–Kier alpha value is -1.35. The molecule has 0 spiro atoms. The number of amides is 1. The van der Waals surface area contributed by atoms with Crippen molar-refractivity contribution in [3.05, 3.63) is 35.4 Å². The van der Waals surface area contributed by atoms with Crippen molar-refractivity contribution in [2.75, 3.05) is 13.2 Å². The van der Waals surface area contributed by atoms with Gasteiger partial charge in [-0.1, -0.05) is 24.3 Å². The number of hydrogen-bond donors (Lipinski definition) is 1. The van der Waals surface area contributed by atoms with Crippen LogP contribution >= 0.6 is 0 Å². The summed E-state index contributed by atoms with van der Waals surface area (Å²) in [4.78, 5) is 11.5. The molecule has 0 aliphatic heterocycles. The second-order valence-electron chi connectivity index (χ2n) is 4.08. The van der Waals surface area contributed by atoms with Gasteiger partial charge in [0.1, 0.15) is 6.61 Å². The molecule has 2 rings (SSSR count). The zero-order chi connectivity index (χ0) is 11.4. The van der Waals surface area contributed by atoms with E-state index in [9.17, 15) is 4.79 Å². The maximum absolute atomic E-state index is 11.5. The van der Waals surface area contributed by atoms with Crippen molar-refractivity contribution in [1.82, 2.24) is 5.32 Å². The summed E-state index contributed by atoms with van der Waals surface area (Å²) in [5.74, 6) is -0.0142. The van der Waals surface area contributed by atoms with Crippen LogP contribution in [0.1, 0.15) is 18.1 Å². The summed E-state index contributed by atoms with van der Waals surface area (Å²) in [6, 6.07) is 8.59. The van der Waals surface area contributed by atoms with Gasteiger partial charge in [-0.25, -0.2) is 0 Å². The zero-order valence-corrected chi connectivity index (χ0v) is 9.53. The third kappa shape index (κ3) is 2.61. The Balaban J connectivity index is 1.85. The van der Waals surface area contributed by atoms with Gasteiger partial charge in [0.25, 0.3) is 0 Å². The van der Waals surface area contributed by atoms with Crippen molar-refractivity contribution in [3.63, 3.8) is 0 Å². The third-order valence-corrected chi connectivity index (χ3v) is 2.85. The maximum Gasteiger partial charge on any atom is 0.246 e. The first-order valence-electron chi connectivity index (χ1n) is 5.73. The summed E-state index contributed by atoms with van der Waals surface area (Å²) in [7, 11) is 0. The standard InChI is InChI=1S/C13H17NO2/c1-2-16-9-13(15)14-12-7-10-5-3-4-6-11(10)8-12/h3-6,12H,2,7-9H2,1H3,(H,14,15). The molecule has 1 aliphatic carbocycles. The monoisotopic (exact) mass is 219 g/mol. The van der Waals surface area contributed by atoms with Crippen molar-refractivity contribution >= 4 is 5.91 Å². The number of hydrogen-bond acceptors (Lipinski definition) is 2. The van der Waals surface area contributed by atoms with E-state index in [0.29, 0.717) is 6.61 Å². The third-order valence-electron chi connectivity index (χ3n) is 2.85. The first-order valence-corrected chi connectivity index (χ1v) is 5.73. The van der Waals surface area contributed by atoms with E-state index < -0.39 is 0 Å². The van der Waals surface area contributed by atoms with E-state index in [-0.39, 0.29) is 18.6 Å². The Bertz CT molecular complexity index is 351. The minimum Gasteiger partial charge on any atom is -0.372 e. The molecular weight excluding hydrogens is 202 g/mol. The molecule has 3 heteroatoms. The fourth-order valence-corrected chi connectivity index (χ4v) is 2.13. The normalized spacial score (nSPS) is 14.8. The van der Waals surface area contributed by atoms with Gasteiger partial charge in [-0.05, 0) is 30.9 Å². The Morgan fingerprint density at radius 3 is 2.56 bits per heavy atom. The molecule has 1 aromatic rings. The molecule has 1 aromatic carbocycles. The predicted octanol–water partition coefficient (Wildman–Crippen LogP) is 1.31. The van der Waals surface area contributed by atoms with E-state index >= 15 is 0 Å². The van der Waals surface area contributed by atoms with E-state index in [1.807, 2.05) is 19.1 Å². The molecule has 1 N–H and O–H groups in total. The van der Waals surface area contributed by atoms with Crippen LogP contribution in [0, 0.1) is 0 Å². The Labute approximate surface area is 95.8 Å². The summed E-state index contributed by atoms with van der Waals surface area (Å²) in [6.07, 6.45) is 1.88. The number of benzene rings is 1. The summed E-state index contributed by atoms with van der Waals surface area (Å²) >= 11 is 0. The van der Waals surface area contributed by atoms with Crippen molar-refractivity contribution in [3.8, 4) is 0 Å². The van der Waals surface area contributed by atoms with Crippen LogP contribution in [0.5, 0.6) is 0 Å². The minimum absolute atomic E-state index is 0.0142. The van der Waals surface area contributed by atoms with Crippen LogP contribution in [0.15, 0.2) is 24.3 Å². The molecule has 1 aliphatic rings. The molecule has 0 radical (unpaired) electrons. The van der Waals surface area contributed by atoms with Crippen LogP contribution in [-0.4, -0.2) is 25.2 Å². The van der Waals surface area contributed by atoms with Crippen LogP contribution in [0.25, 0.3) is 0 Å². The first-order chi connectivity index (χ1) is 7.79. The quantitative estimate of drug-likeness (QED) is 0.829. The molecule has 0 saturated heterocycles. The minimum atomic E-state index is -0.0142. The lowest BCUT2D eigenvalue weighted by Gasteiger charge is -2.11. The largest absolute Gasteiger partial charge is 0.372 e. The van der Waals surface area contributed by atoms with Gasteiger partial charge in [0, 0.05) is 12.6 Å². The summed E-state index contributed by atoms with van der Waals surface area (Å²) < 4.78 is 5.07. The number of rotatable bonds is 4. The highest BCUT2D eigenvalue weighted by atomic mass is 16.5. The molecule has 0 bridgehead atoms. The molecule has 0 aromatic heterocycles. The van der Waals surface area contributed by atoms with E-state index in [1.54, 1.807) is 0 Å². The lowest BCUT2D eigenvalue weighted by molar-refractivity contribution is -0.126. The number of ether oxygens (including phenoxy) is 1. The van der Waals surface area contributed by atoms with Crippen molar-refractivity contribution in [2.24, 2.45) is 0 Å². The molecule has 0 heterocycles. The highest BCUT2D eigenvalue weighted by Crippen LogP contribution is 2.21. The number of carbonyl (C=O) groups excluding carboxylic acids is 1. The number of carbonyl (C=O) groups is 1. The molecule has 0 unspecified atom stereocenters. The average Bonchev–Trinajstić information content (AvgIpc) is 2.68. The smallest absolute Gasteiger partial charge is 0.246 e. The van der Waals surface area contributed by atoms with Crippen LogP contribution in [0.3, 0.4) is 0 Å². The van der Waals surface area contributed by atoms with Gasteiger partial charge in [-0.3, -0.25) is 4.79 Å². The van der Waals surface area contributed by atoms with Gasteiger partial charge in [-0.15, -0.1) is 0 Å². The Morgan fingerprint density at radius 1 is 1.38 bits per heavy atom. The fourth-order valence-electron chi connectivity index (χ4n) is 2.13. The lowest BCUT2D eigenvalue weighted by Crippen LogP contribution is -2.37. The average molecular weight is 219 g/mol. The first kappa shape index (κ1) is 11.1. The second kappa shape index (κ2) is 5.12. The van der Waals surface area contributed by atoms with Crippen molar-refractivity contribution in [2.45, 2.75) is 25.8 Å². The van der Waals surface area contributed by atoms with Gasteiger partial charge in [0.15, 0.2) is 0 Å².